The van der Waals surface area contributed by atoms with Crippen molar-refractivity contribution in [3.8, 4) is 11.6 Å². The lowest BCUT2D eigenvalue weighted by Gasteiger charge is -2.19. The SMILES string of the molecule is Cc1cc(Oc2ccc3c(c2)CCN(Cc2ccc4scnc4c2)CC3)nc(C)n1. The van der Waals surface area contributed by atoms with E-state index in [1.54, 1.807) is 11.3 Å². The third kappa shape index (κ3) is 4.20. The van der Waals surface area contributed by atoms with Gasteiger partial charge in [0.05, 0.1) is 15.7 Å². The molecule has 5 nitrogen and oxygen atoms in total. The second-order valence-corrected chi connectivity index (χ2v) is 8.74. The molecule has 0 aliphatic carbocycles. The molecule has 0 unspecified atom stereocenters. The van der Waals surface area contributed by atoms with Crippen LogP contribution < -0.4 is 4.74 Å². The zero-order chi connectivity index (χ0) is 20.5. The quantitative estimate of drug-likeness (QED) is 0.463. The largest absolute Gasteiger partial charge is 0.439 e. The maximum atomic E-state index is 6.03. The minimum atomic E-state index is 0.604. The first-order valence-corrected chi connectivity index (χ1v) is 11.2. The molecule has 0 N–H and O–H groups in total. The van der Waals surface area contributed by atoms with Gasteiger partial charge < -0.3 is 4.74 Å². The Hall–Kier alpha value is -2.83. The average molecular weight is 417 g/mol. The Morgan fingerprint density at radius 3 is 2.70 bits per heavy atom. The van der Waals surface area contributed by atoms with E-state index in [1.165, 1.54) is 21.4 Å². The van der Waals surface area contributed by atoms with Crippen molar-refractivity contribution >= 4 is 21.6 Å². The number of nitrogens with zero attached hydrogens (tertiary/aromatic N) is 4. The van der Waals surface area contributed by atoms with Crippen LogP contribution in [0.4, 0.5) is 0 Å². The second kappa shape index (κ2) is 8.13. The van der Waals surface area contributed by atoms with Crippen LogP contribution in [0.25, 0.3) is 10.2 Å². The summed E-state index contributed by atoms with van der Waals surface area (Å²) in [7, 11) is 0. The average Bonchev–Trinajstić information content (AvgIpc) is 3.09. The molecule has 2 aromatic heterocycles. The Kier molecular flexibility index (Phi) is 5.19. The van der Waals surface area contributed by atoms with Crippen LogP contribution in [0.1, 0.15) is 28.2 Å². The Morgan fingerprint density at radius 1 is 0.967 bits per heavy atom. The fourth-order valence-corrected chi connectivity index (χ4v) is 4.74. The molecule has 0 saturated carbocycles. The number of hydrogen-bond donors (Lipinski definition) is 0. The van der Waals surface area contributed by atoms with Gasteiger partial charge in [0.25, 0.3) is 0 Å². The molecule has 3 heterocycles. The van der Waals surface area contributed by atoms with E-state index >= 15 is 0 Å². The molecule has 0 amide bonds. The number of aromatic nitrogens is 3. The predicted octanol–water partition coefficient (Wildman–Crippen LogP) is 5.10. The van der Waals surface area contributed by atoms with Gasteiger partial charge in [0.2, 0.25) is 5.88 Å². The second-order valence-electron chi connectivity index (χ2n) is 7.86. The van der Waals surface area contributed by atoms with Gasteiger partial charge >= 0.3 is 0 Å². The lowest BCUT2D eigenvalue weighted by atomic mass is 10.0. The Balaban J connectivity index is 1.28. The van der Waals surface area contributed by atoms with E-state index in [0.717, 1.165) is 55.3 Å². The van der Waals surface area contributed by atoms with Crippen molar-refractivity contribution in [2.75, 3.05) is 13.1 Å². The number of hydrogen-bond acceptors (Lipinski definition) is 6. The van der Waals surface area contributed by atoms with E-state index in [2.05, 4.69) is 56.3 Å². The Labute approximate surface area is 180 Å². The molecule has 1 aliphatic rings. The molecule has 4 aromatic rings. The molecule has 5 rings (SSSR count). The fraction of sp³-hybridized carbons (Fsp3) is 0.292. The molecule has 0 radical (unpaired) electrons. The zero-order valence-corrected chi connectivity index (χ0v) is 18.1. The van der Waals surface area contributed by atoms with Gasteiger partial charge in [0.15, 0.2) is 0 Å². The van der Waals surface area contributed by atoms with Crippen molar-refractivity contribution < 1.29 is 4.74 Å². The van der Waals surface area contributed by atoms with Gasteiger partial charge in [-0.2, -0.15) is 4.98 Å². The summed E-state index contributed by atoms with van der Waals surface area (Å²) in [5, 5.41) is 0. The van der Waals surface area contributed by atoms with Gasteiger partial charge in [-0.1, -0.05) is 12.1 Å². The zero-order valence-electron chi connectivity index (χ0n) is 17.3. The van der Waals surface area contributed by atoms with Crippen molar-refractivity contribution in [1.82, 2.24) is 19.9 Å². The summed E-state index contributed by atoms with van der Waals surface area (Å²) in [6.45, 7) is 6.91. The molecule has 152 valence electrons. The monoisotopic (exact) mass is 416 g/mol. The lowest BCUT2D eigenvalue weighted by molar-refractivity contribution is 0.279. The molecule has 2 aromatic carbocycles. The van der Waals surface area contributed by atoms with Crippen LogP contribution in [0.3, 0.4) is 0 Å². The Morgan fingerprint density at radius 2 is 1.83 bits per heavy atom. The van der Waals surface area contributed by atoms with E-state index < -0.39 is 0 Å². The summed E-state index contributed by atoms with van der Waals surface area (Å²) in [6, 6.07) is 15.0. The van der Waals surface area contributed by atoms with E-state index in [0.29, 0.717) is 5.88 Å². The normalized spacial score (nSPS) is 14.5. The molecular formula is C24H24N4OS. The lowest BCUT2D eigenvalue weighted by Crippen LogP contribution is -2.25. The van der Waals surface area contributed by atoms with Crippen LogP contribution in [-0.4, -0.2) is 32.9 Å². The van der Waals surface area contributed by atoms with Crippen molar-refractivity contribution in [3.05, 3.63) is 76.2 Å². The first-order valence-electron chi connectivity index (χ1n) is 10.3. The standard InChI is InChI=1S/C24H24N4OS/c1-16-11-24(27-17(2)26-16)29-21-5-4-19-7-9-28(10-8-20(19)13-21)14-18-3-6-23-22(12-18)25-15-30-23/h3-6,11-13,15H,7-10,14H2,1-2H3. The van der Waals surface area contributed by atoms with Crippen LogP contribution in [-0.2, 0) is 19.4 Å². The van der Waals surface area contributed by atoms with Crippen LogP contribution in [0.15, 0.2) is 48.0 Å². The number of benzene rings is 2. The van der Waals surface area contributed by atoms with Crippen LogP contribution in [0.2, 0.25) is 0 Å². The summed E-state index contributed by atoms with van der Waals surface area (Å²) in [5.74, 6) is 2.17. The molecule has 0 saturated heterocycles. The van der Waals surface area contributed by atoms with Crippen molar-refractivity contribution in [2.24, 2.45) is 0 Å². The molecule has 0 spiro atoms. The highest BCUT2D eigenvalue weighted by Gasteiger charge is 2.16. The minimum absolute atomic E-state index is 0.604. The summed E-state index contributed by atoms with van der Waals surface area (Å²) in [4.78, 5) is 15.7. The topological polar surface area (TPSA) is 51.1 Å². The number of ether oxygens (including phenoxy) is 1. The molecule has 0 atom stereocenters. The number of rotatable bonds is 4. The first kappa shape index (κ1) is 19.2. The van der Waals surface area contributed by atoms with E-state index in [9.17, 15) is 0 Å². The highest BCUT2D eigenvalue weighted by Crippen LogP contribution is 2.26. The summed E-state index contributed by atoms with van der Waals surface area (Å²) < 4.78 is 7.29. The highest BCUT2D eigenvalue weighted by molar-refractivity contribution is 7.16. The number of thiazole rings is 1. The molecule has 30 heavy (non-hydrogen) atoms. The van der Waals surface area contributed by atoms with Gasteiger partial charge in [0, 0.05) is 31.4 Å². The van der Waals surface area contributed by atoms with Gasteiger partial charge in [0.1, 0.15) is 11.6 Å². The summed E-state index contributed by atoms with van der Waals surface area (Å²) >= 11 is 1.70. The summed E-state index contributed by atoms with van der Waals surface area (Å²) in [6.07, 6.45) is 2.08. The smallest absolute Gasteiger partial charge is 0.222 e. The van der Waals surface area contributed by atoms with E-state index in [-0.39, 0.29) is 0 Å². The van der Waals surface area contributed by atoms with Gasteiger partial charge in [-0.25, -0.2) is 9.97 Å². The first-order chi connectivity index (χ1) is 14.6. The van der Waals surface area contributed by atoms with Gasteiger partial charge in [-0.05, 0) is 67.6 Å². The minimum Gasteiger partial charge on any atom is -0.439 e. The van der Waals surface area contributed by atoms with Gasteiger partial charge in [-0.15, -0.1) is 11.3 Å². The third-order valence-electron chi connectivity index (χ3n) is 5.54. The molecular weight excluding hydrogens is 392 g/mol. The summed E-state index contributed by atoms with van der Waals surface area (Å²) in [5.41, 5.74) is 8.05. The van der Waals surface area contributed by atoms with Crippen LogP contribution >= 0.6 is 11.3 Å². The number of fused-ring (bicyclic) bond motifs is 2. The molecule has 1 aliphatic heterocycles. The fourth-order valence-electron chi connectivity index (χ4n) is 4.09. The predicted molar refractivity (Wildman–Crippen MR) is 120 cm³/mol. The third-order valence-corrected chi connectivity index (χ3v) is 6.35. The maximum Gasteiger partial charge on any atom is 0.222 e. The van der Waals surface area contributed by atoms with Crippen LogP contribution in [0, 0.1) is 13.8 Å². The Bertz CT molecular complexity index is 1180. The molecule has 0 bridgehead atoms. The number of aryl methyl sites for hydroxylation is 2. The van der Waals surface area contributed by atoms with E-state index in [1.807, 2.05) is 25.4 Å². The van der Waals surface area contributed by atoms with Crippen molar-refractivity contribution in [1.29, 1.82) is 0 Å². The van der Waals surface area contributed by atoms with Gasteiger partial charge in [-0.3, -0.25) is 4.90 Å². The van der Waals surface area contributed by atoms with Crippen LogP contribution in [0.5, 0.6) is 11.6 Å². The maximum absolute atomic E-state index is 6.03. The highest BCUT2D eigenvalue weighted by atomic mass is 32.1. The molecule has 6 heteroatoms. The van der Waals surface area contributed by atoms with Crippen molar-refractivity contribution in [2.45, 2.75) is 33.2 Å². The molecule has 0 fully saturated rings. The van der Waals surface area contributed by atoms with E-state index in [4.69, 9.17) is 4.74 Å². The van der Waals surface area contributed by atoms with Crippen molar-refractivity contribution in [3.63, 3.8) is 0 Å².